The van der Waals surface area contributed by atoms with Gasteiger partial charge in [-0.2, -0.15) is 4.98 Å². The van der Waals surface area contributed by atoms with E-state index in [4.69, 9.17) is 9.26 Å². The Kier molecular flexibility index (Phi) is 5.30. The van der Waals surface area contributed by atoms with Gasteiger partial charge in [0.05, 0.1) is 12.7 Å². The van der Waals surface area contributed by atoms with Crippen LogP contribution in [0.25, 0.3) is 11.4 Å². The van der Waals surface area contributed by atoms with Gasteiger partial charge in [0.1, 0.15) is 17.7 Å². The smallest absolute Gasteiger partial charge is 0.322 e. The third kappa shape index (κ3) is 3.80. The summed E-state index contributed by atoms with van der Waals surface area (Å²) in [6.07, 6.45) is 1.26. The Labute approximate surface area is 169 Å². The minimum atomic E-state index is -0.815. The van der Waals surface area contributed by atoms with Crippen LogP contribution in [0.15, 0.2) is 40.9 Å². The number of anilines is 1. The highest BCUT2D eigenvalue weighted by atomic mass is 19.1. The second-order valence-electron chi connectivity index (χ2n) is 6.71. The number of likely N-dealkylation sites (tertiary alicyclic amines) is 1. The molecule has 0 aliphatic carbocycles. The van der Waals surface area contributed by atoms with E-state index in [0.717, 1.165) is 18.2 Å². The summed E-state index contributed by atoms with van der Waals surface area (Å²) in [7, 11) is 1.35. The molecule has 2 amide bonds. The van der Waals surface area contributed by atoms with Crippen LogP contribution < -0.4 is 10.1 Å². The van der Waals surface area contributed by atoms with E-state index in [2.05, 4.69) is 15.5 Å². The van der Waals surface area contributed by atoms with Crippen molar-refractivity contribution in [3.05, 3.63) is 59.7 Å². The lowest BCUT2D eigenvalue weighted by Gasteiger charge is -2.22. The van der Waals surface area contributed by atoms with Gasteiger partial charge in [0.15, 0.2) is 11.6 Å². The maximum absolute atomic E-state index is 14.0. The first-order chi connectivity index (χ1) is 14.5. The molecule has 10 heteroatoms. The first-order valence-electron chi connectivity index (χ1n) is 9.16. The summed E-state index contributed by atoms with van der Waals surface area (Å²) in [5, 5.41) is 6.39. The average Bonchev–Trinajstić information content (AvgIpc) is 3.37. The second-order valence-corrected chi connectivity index (χ2v) is 6.71. The molecule has 0 radical (unpaired) electrons. The molecule has 1 N–H and O–H groups in total. The number of aromatic nitrogens is 2. The Morgan fingerprint density at radius 1 is 1.20 bits per heavy atom. The number of nitrogens with zero attached hydrogens (tertiary/aromatic N) is 3. The molecule has 156 valence electrons. The molecule has 2 heterocycles. The van der Waals surface area contributed by atoms with Gasteiger partial charge in [-0.3, -0.25) is 0 Å². The van der Waals surface area contributed by atoms with Crippen LogP contribution in [0.2, 0.25) is 0 Å². The van der Waals surface area contributed by atoms with Gasteiger partial charge >= 0.3 is 6.03 Å². The monoisotopic (exact) mass is 418 g/mol. The Bertz CT molecular complexity index is 1090. The normalized spacial score (nSPS) is 16.0. The lowest BCUT2D eigenvalue weighted by Crippen LogP contribution is -2.34. The molecule has 1 unspecified atom stereocenters. The summed E-state index contributed by atoms with van der Waals surface area (Å²) >= 11 is 0. The number of carbonyl (C=O) groups excluding carboxylic acids is 1. The predicted octanol–water partition coefficient (Wildman–Crippen LogP) is 4.53. The fraction of sp³-hybridized carbons (Fsp3) is 0.250. The maximum atomic E-state index is 14.0. The fourth-order valence-electron chi connectivity index (χ4n) is 3.36. The first-order valence-corrected chi connectivity index (χ1v) is 9.16. The number of carbonyl (C=O) groups is 1. The van der Waals surface area contributed by atoms with Gasteiger partial charge in [-0.05, 0) is 37.1 Å². The van der Waals surface area contributed by atoms with E-state index in [0.29, 0.717) is 19.4 Å². The fourth-order valence-corrected chi connectivity index (χ4v) is 3.36. The number of ether oxygens (including phenoxy) is 1. The second kappa shape index (κ2) is 8.05. The number of benzene rings is 2. The number of methoxy groups -OCH3 is 1. The van der Waals surface area contributed by atoms with Crippen molar-refractivity contribution in [2.75, 3.05) is 19.0 Å². The van der Waals surface area contributed by atoms with Crippen LogP contribution in [0.4, 0.5) is 23.7 Å². The Morgan fingerprint density at radius 2 is 2.03 bits per heavy atom. The van der Waals surface area contributed by atoms with Gasteiger partial charge in [0.2, 0.25) is 11.7 Å². The van der Waals surface area contributed by atoms with E-state index in [1.165, 1.54) is 30.2 Å². The summed E-state index contributed by atoms with van der Waals surface area (Å²) in [6.45, 7) is 0.428. The van der Waals surface area contributed by atoms with Crippen LogP contribution in [0.1, 0.15) is 24.8 Å². The van der Waals surface area contributed by atoms with Crippen LogP contribution >= 0.6 is 0 Å². The van der Waals surface area contributed by atoms with Crippen molar-refractivity contribution in [3.63, 3.8) is 0 Å². The van der Waals surface area contributed by atoms with Crippen LogP contribution in [-0.2, 0) is 0 Å². The molecule has 1 atom stereocenters. The molecule has 2 aromatic carbocycles. The van der Waals surface area contributed by atoms with Gasteiger partial charge in [0.25, 0.3) is 0 Å². The van der Waals surface area contributed by atoms with E-state index in [9.17, 15) is 18.0 Å². The first kappa shape index (κ1) is 19.7. The standard InChI is InChI=1S/C20H17F3N4O3/c1-29-17-7-5-12(10-15(17)23)24-20(28)27-8-2-3-16(27)19-25-18(26-30-19)13-6-4-11(21)9-14(13)22/h4-7,9-10,16H,2-3,8H2,1H3,(H,24,28). The Hall–Kier alpha value is -3.56. The third-order valence-electron chi connectivity index (χ3n) is 4.82. The number of hydrogen-bond acceptors (Lipinski definition) is 5. The summed E-state index contributed by atoms with van der Waals surface area (Å²) in [4.78, 5) is 18.4. The number of nitrogens with one attached hydrogen (secondary N) is 1. The van der Waals surface area contributed by atoms with Crippen LogP contribution in [-0.4, -0.2) is 34.7 Å². The van der Waals surface area contributed by atoms with E-state index in [-0.39, 0.29) is 28.7 Å². The Balaban J connectivity index is 1.52. The summed E-state index contributed by atoms with van der Waals surface area (Å²) in [6, 6.07) is 6.15. The number of amides is 2. The van der Waals surface area contributed by atoms with Gasteiger partial charge in [-0.1, -0.05) is 5.16 Å². The van der Waals surface area contributed by atoms with Crippen molar-refractivity contribution in [2.45, 2.75) is 18.9 Å². The molecule has 0 spiro atoms. The van der Waals surface area contributed by atoms with E-state index >= 15 is 0 Å². The highest BCUT2D eigenvalue weighted by Gasteiger charge is 2.34. The molecule has 3 aromatic rings. The molecule has 0 saturated carbocycles. The molecule has 1 saturated heterocycles. The highest BCUT2D eigenvalue weighted by Crippen LogP contribution is 2.33. The molecule has 4 rings (SSSR count). The van der Waals surface area contributed by atoms with Crippen molar-refractivity contribution < 1.29 is 27.2 Å². The van der Waals surface area contributed by atoms with Crippen molar-refractivity contribution in [2.24, 2.45) is 0 Å². The summed E-state index contributed by atoms with van der Waals surface area (Å²) in [5.41, 5.74) is 0.262. The minimum Gasteiger partial charge on any atom is -0.494 e. The molecule has 1 aliphatic heterocycles. The number of halogens is 3. The molecule has 1 aromatic heterocycles. The van der Waals surface area contributed by atoms with Crippen LogP contribution in [0.5, 0.6) is 5.75 Å². The van der Waals surface area contributed by atoms with Crippen LogP contribution in [0, 0.1) is 17.5 Å². The lowest BCUT2D eigenvalue weighted by molar-refractivity contribution is 0.193. The Morgan fingerprint density at radius 3 is 2.77 bits per heavy atom. The van der Waals surface area contributed by atoms with Crippen LogP contribution in [0.3, 0.4) is 0 Å². The zero-order valence-corrected chi connectivity index (χ0v) is 15.9. The van der Waals surface area contributed by atoms with E-state index in [1.807, 2.05) is 0 Å². The number of rotatable bonds is 4. The molecule has 30 heavy (non-hydrogen) atoms. The largest absolute Gasteiger partial charge is 0.494 e. The lowest BCUT2D eigenvalue weighted by atomic mass is 10.2. The quantitative estimate of drug-likeness (QED) is 0.673. The molecule has 7 nitrogen and oxygen atoms in total. The van der Waals surface area contributed by atoms with E-state index < -0.39 is 29.5 Å². The zero-order chi connectivity index (χ0) is 21.3. The predicted molar refractivity (Wildman–Crippen MR) is 100 cm³/mol. The van der Waals surface area contributed by atoms with Crippen molar-refractivity contribution in [1.82, 2.24) is 15.0 Å². The number of hydrogen-bond donors (Lipinski definition) is 1. The maximum Gasteiger partial charge on any atom is 0.322 e. The summed E-state index contributed by atoms with van der Waals surface area (Å²) < 4.78 is 51.1. The van der Waals surface area contributed by atoms with Gasteiger partial charge in [-0.15, -0.1) is 0 Å². The molecular formula is C20H17F3N4O3. The zero-order valence-electron chi connectivity index (χ0n) is 15.9. The molecule has 1 fully saturated rings. The summed E-state index contributed by atoms with van der Waals surface area (Å²) in [5.74, 6) is -1.96. The van der Waals surface area contributed by atoms with Gasteiger partial charge in [0, 0.05) is 24.4 Å². The average molecular weight is 418 g/mol. The van der Waals surface area contributed by atoms with Crippen molar-refractivity contribution >= 4 is 11.7 Å². The molecule has 1 aliphatic rings. The van der Waals surface area contributed by atoms with Gasteiger partial charge < -0.3 is 19.5 Å². The van der Waals surface area contributed by atoms with Crippen molar-refractivity contribution in [1.29, 1.82) is 0 Å². The van der Waals surface area contributed by atoms with Gasteiger partial charge in [-0.25, -0.2) is 18.0 Å². The van der Waals surface area contributed by atoms with E-state index in [1.54, 1.807) is 0 Å². The topological polar surface area (TPSA) is 80.5 Å². The SMILES string of the molecule is COc1ccc(NC(=O)N2CCCC2c2nc(-c3ccc(F)cc3F)no2)cc1F. The minimum absolute atomic E-state index is 0.00546. The number of urea groups is 1. The molecular weight excluding hydrogens is 401 g/mol. The highest BCUT2D eigenvalue weighted by molar-refractivity contribution is 5.89. The molecule has 0 bridgehead atoms. The van der Waals surface area contributed by atoms with Crippen molar-refractivity contribution in [3.8, 4) is 17.1 Å². The third-order valence-corrected chi connectivity index (χ3v) is 4.82.